The molecule has 3 rings (SSSR count). The van der Waals surface area contributed by atoms with Crippen molar-refractivity contribution in [2.45, 2.75) is 45.3 Å². The summed E-state index contributed by atoms with van der Waals surface area (Å²) >= 11 is 0. The van der Waals surface area contributed by atoms with Crippen LogP contribution >= 0.6 is 0 Å². The highest BCUT2D eigenvalue weighted by Gasteiger charge is 2.27. The van der Waals surface area contributed by atoms with Crippen LogP contribution in [0.15, 0.2) is 24.3 Å². The smallest absolute Gasteiger partial charge is 0.123 e. The summed E-state index contributed by atoms with van der Waals surface area (Å²) in [6.45, 7) is 9.21. The standard InChI is InChI=1S/C18H28N2O/c1-3-14(2)17-13-20(10-6-9-19-17)12-16-11-15-7-4-5-8-18(15)21-16/h4-5,7-8,14,16-17,19H,3,6,9-13H2,1-2H3. The van der Waals surface area contributed by atoms with Crippen LogP contribution in [-0.4, -0.2) is 43.2 Å². The minimum Gasteiger partial charge on any atom is -0.488 e. The van der Waals surface area contributed by atoms with Crippen molar-refractivity contribution in [3.8, 4) is 5.75 Å². The van der Waals surface area contributed by atoms with Crippen LogP contribution < -0.4 is 10.1 Å². The Labute approximate surface area is 128 Å². The maximum Gasteiger partial charge on any atom is 0.123 e. The normalized spacial score (nSPS) is 27.7. The van der Waals surface area contributed by atoms with E-state index in [0.717, 1.165) is 37.7 Å². The molecular weight excluding hydrogens is 260 g/mol. The molecule has 0 saturated carbocycles. The molecule has 0 radical (unpaired) electrons. The Hall–Kier alpha value is -1.06. The zero-order chi connectivity index (χ0) is 14.7. The third kappa shape index (κ3) is 3.58. The molecular formula is C18H28N2O. The van der Waals surface area contributed by atoms with Crippen molar-refractivity contribution >= 4 is 0 Å². The third-order valence-electron chi connectivity index (χ3n) is 5.02. The number of hydrogen-bond donors (Lipinski definition) is 1. The molecule has 2 aliphatic heterocycles. The molecule has 1 aromatic carbocycles. The molecule has 3 nitrogen and oxygen atoms in total. The second kappa shape index (κ2) is 6.80. The van der Waals surface area contributed by atoms with Crippen molar-refractivity contribution in [3.05, 3.63) is 29.8 Å². The molecule has 3 heteroatoms. The van der Waals surface area contributed by atoms with Gasteiger partial charge in [-0.25, -0.2) is 0 Å². The molecule has 0 bridgehead atoms. The molecule has 0 aromatic heterocycles. The molecule has 0 aliphatic carbocycles. The quantitative estimate of drug-likeness (QED) is 0.922. The van der Waals surface area contributed by atoms with E-state index in [1.165, 1.54) is 24.9 Å². The summed E-state index contributed by atoms with van der Waals surface area (Å²) < 4.78 is 6.11. The number of benzene rings is 1. The Balaban J connectivity index is 1.57. The molecule has 0 spiro atoms. The molecule has 0 amide bonds. The fourth-order valence-electron chi connectivity index (χ4n) is 3.50. The molecule has 1 saturated heterocycles. The van der Waals surface area contributed by atoms with Crippen molar-refractivity contribution in [2.24, 2.45) is 5.92 Å². The molecule has 116 valence electrons. The van der Waals surface area contributed by atoms with Gasteiger partial charge in [-0.1, -0.05) is 38.5 Å². The highest BCUT2D eigenvalue weighted by atomic mass is 16.5. The van der Waals surface area contributed by atoms with E-state index in [4.69, 9.17) is 4.74 Å². The van der Waals surface area contributed by atoms with Crippen LogP contribution in [0, 0.1) is 5.92 Å². The Morgan fingerprint density at radius 1 is 1.38 bits per heavy atom. The van der Waals surface area contributed by atoms with E-state index in [1.54, 1.807) is 0 Å². The topological polar surface area (TPSA) is 24.5 Å². The van der Waals surface area contributed by atoms with Gasteiger partial charge < -0.3 is 10.1 Å². The summed E-state index contributed by atoms with van der Waals surface area (Å²) in [7, 11) is 0. The fourth-order valence-corrected chi connectivity index (χ4v) is 3.50. The van der Waals surface area contributed by atoms with Gasteiger partial charge in [-0.2, -0.15) is 0 Å². The van der Waals surface area contributed by atoms with Crippen molar-refractivity contribution in [2.75, 3.05) is 26.2 Å². The van der Waals surface area contributed by atoms with Gasteiger partial charge >= 0.3 is 0 Å². The lowest BCUT2D eigenvalue weighted by molar-refractivity contribution is 0.142. The molecule has 2 heterocycles. The van der Waals surface area contributed by atoms with Gasteiger partial charge in [0.1, 0.15) is 11.9 Å². The second-order valence-corrected chi connectivity index (χ2v) is 6.61. The van der Waals surface area contributed by atoms with Crippen molar-refractivity contribution in [1.29, 1.82) is 0 Å². The van der Waals surface area contributed by atoms with Crippen molar-refractivity contribution < 1.29 is 4.74 Å². The van der Waals surface area contributed by atoms with Crippen molar-refractivity contribution in [1.82, 2.24) is 10.2 Å². The van der Waals surface area contributed by atoms with Gasteiger partial charge in [-0.15, -0.1) is 0 Å². The minimum absolute atomic E-state index is 0.332. The van der Waals surface area contributed by atoms with E-state index in [2.05, 4.69) is 48.3 Å². The first-order valence-corrected chi connectivity index (χ1v) is 8.46. The van der Waals surface area contributed by atoms with E-state index in [1.807, 2.05) is 0 Å². The highest BCUT2D eigenvalue weighted by Crippen LogP contribution is 2.28. The monoisotopic (exact) mass is 288 g/mol. The summed E-state index contributed by atoms with van der Waals surface area (Å²) in [4.78, 5) is 2.60. The number of fused-ring (bicyclic) bond motifs is 1. The van der Waals surface area contributed by atoms with Gasteiger partial charge in [0.25, 0.3) is 0 Å². The summed E-state index contributed by atoms with van der Waals surface area (Å²) in [6.07, 6.45) is 3.88. The number of nitrogens with zero attached hydrogens (tertiary/aromatic N) is 1. The Kier molecular flexibility index (Phi) is 4.81. The van der Waals surface area contributed by atoms with Crippen LogP contribution in [0.4, 0.5) is 0 Å². The van der Waals surface area contributed by atoms with Crippen LogP contribution in [0.3, 0.4) is 0 Å². The average Bonchev–Trinajstić information content (AvgIpc) is 2.76. The van der Waals surface area contributed by atoms with E-state index in [-0.39, 0.29) is 0 Å². The first-order valence-electron chi connectivity index (χ1n) is 8.46. The van der Waals surface area contributed by atoms with E-state index in [0.29, 0.717) is 12.1 Å². The van der Waals surface area contributed by atoms with E-state index >= 15 is 0 Å². The predicted molar refractivity (Wildman–Crippen MR) is 86.9 cm³/mol. The maximum atomic E-state index is 6.11. The maximum absolute atomic E-state index is 6.11. The summed E-state index contributed by atoms with van der Waals surface area (Å²) in [5.74, 6) is 1.83. The zero-order valence-corrected chi connectivity index (χ0v) is 13.3. The number of para-hydroxylation sites is 1. The number of ether oxygens (including phenoxy) is 1. The fraction of sp³-hybridized carbons (Fsp3) is 0.667. The highest BCUT2D eigenvalue weighted by molar-refractivity contribution is 5.37. The lowest BCUT2D eigenvalue weighted by Crippen LogP contribution is -2.44. The van der Waals surface area contributed by atoms with Gasteiger partial charge in [-0.05, 0) is 37.1 Å². The predicted octanol–water partition coefficient (Wildman–Crippen LogP) is 2.70. The molecule has 1 aromatic rings. The van der Waals surface area contributed by atoms with E-state index in [9.17, 15) is 0 Å². The average molecular weight is 288 g/mol. The molecule has 1 fully saturated rings. The molecule has 21 heavy (non-hydrogen) atoms. The zero-order valence-electron chi connectivity index (χ0n) is 13.3. The third-order valence-corrected chi connectivity index (χ3v) is 5.02. The Morgan fingerprint density at radius 2 is 2.24 bits per heavy atom. The van der Waals surface area contributed by atoms with Gasteiger partial charge in [0, 0.05) is 25.6 Å². The van der Waals surface area contributed by atoms with Gasteiger partial charge in [0.05, 0.1) is 0 Å². The van der Waals surface area contributed by atoms with E-state index < -0.39 is 0 Å². The SMILES string of the molecule is CCC(C)C1CN(CC2Cc3ccccc3O2)CCCN1. The second-order valence-electron chi connectivity index (χ2n) is 6.61. The van der Waals surface area contributed by atoms with Crippen LogP contribution in [0.5, 0.6) is 5.75 Å². The van der Waals surface area contributed by atoms with Crippen LogP contribution in [0.1, 0.15) is 32.3 Å². The molecule has 3 atom stereocenters. The first kappa shape index (κ1) is 14.9. The Bertz CT molecular complexity index is 437. The molecule has 2 aliphatic rings. The number of rotatable bonds is 4. The lowest BCUT2D eigenvalue weighted by Gasteiger charge is -2.29. The van der Waals surface area contributed by atoms with Gasteiger partial charge in [0.15, 0.2) is 0 Å². The lowest BCUT2D eigenvalue weighted by atomic mass is 9.99. The Morgan fingerprint density at radius 3 is 3.05 bits per heavy atom. The summed E-state index contributed by atoms with van der Waals surface area (Å²) in [5, 5.41) is 3.72. The number of nitrogens with one attached hydrogen (secondary N) is 1. The van der Waals surface area contributed by atoms with Gasteiger partial charge in [0.2, 0.25) is 0 Å². The largest absolute Gasteiger partial charge is 0.488 e. The van der Waals surface area contributed by atoms with Crippen LogP contribution in [0.25, 0.3) is 0 Å². The minimum atomic E-state index is 0.332. The summed E-state index contributed by atoms with van der Waals surface area (Å²) in [6, 6.07) is 9.10. The van der Waals surface area contributed by atoms with Crippen LogP contribution in [0.2, 0.25) is 0 Å². The molecule has 1 N–H and O–H groups in total. The van der Waals surface area contributed by atoms with Gasteiger partial charge in [-0.3, -0.25) is 4.90 Å². The number of hydrogen-bond acceptors (Lipinski definition) is 3. The molecule has 3 unspecified atom stereocenters. The van der Waals surface area contributed by atoms with Crippen LogP contribution in [-0.2, 0) is 6.42 Å². The summed E-state index contributed by atoms with van der Waals surface area (Å²) in [5.41, 5.74) is 1.37. The first-order chi connectivity index (χ1) is 10.3. The van der Waals surface area contributed by atoms with Crippen molar-refractivity contribution in [3.63, 3.8) is 0 Å².